The molecule has 2 rings (SSSR count). The Hall–Kier alpha value is -1.62. The molecule has 0 amide bonds. The molecule has 1 fully saturated rings. The van der Waals surface area contributed by atoms with E-state index in [1.165, 1.54) is 25.3 Å². The number of nitrogens with zero attached hydrogens (tertiary/aromatic N) is 1. The molecule has 2 unspecified atom stereocenters. The van der Waals surface area contributed by atoms with Crippen LogP contribution in [-0.2, 0) is 11.3 Å². The van der Waals surface area contributed by atoms with Crippen LogP contribution >= 0.6 is 0 Å². The van der Waals surface area contributed by atoms with Crippen LogP contribution in [0.5, 0.6) is 0 Å². The summed E-state index contributed by atoms with van der Waals surface area (Å²) in [5.41, 5.74) is 1.90. The van der Waals surface area contributed by atoms with E-state index in [9.17, 15) is 10.1 Å². The van der Waals surface area contributed by atoms with Crippen LogP contribution in [0.2, 0.25) is 0 Å². The molecule has 0 aliphatic heterocycles. The van der Waals surface area contributed by atoms with Crippen LogP contribution in [0.15, 0.2) is 18.2 Å². The maximum Gasteiger partial charge on any atom is 0.269 e. The lowest BCUT2D eigenvalue weighted by Gasteiger charge is -2.29. The van der Waals surface area contributed by atoms with E-state index in [1.807, 2.05) is 6.92 Å². The van der Waals surface area contributed by atoms with Gasteiger partial charge in [-0.3, -0.25) is 10.1 Å². The summed E-state index contributed by atoms with van der Waals surface area (Å²) in [4.78, 5) is 10.6. The third kappa shape index (κ3) is 4.17. The molecular formula is C16H24N2O3. The largest absolute Gasteiger partial charge is 0.385 e. The Labute approximate surface area is 125 Å². The summed E-state index contributed by atoms with van der Waals surface area (Å²) < 4.78 is 6.04. The standard InChI is InChI=1S/C16H24N2O3/c1-3-17-15-9-8-14(18(19)20)10-13(15)11-21-16-7-5-4-6-12(16)2/h8-10,12,16-17H,3-7,11H2,1-2H3. The maximum atomic E-state index is 10.9. The Balaban J connectivity index is 2.08. The van der Waals surface area contributed by atoms with Crippen molar-refractivity contribution >= 4 is 11.4 Å². The van der Waals surface area contributed by atoms with E-state index in [2.05, 4.69) is 12.2 Å². The smallest absolute Gasteiger partial charge is 0.269 e. The summed E-state index contributed by atoms with van der Waals surface area (Å²) in [6.07, 6.45) is 5.06. The number of benzene rings is 1. The monoisotopic (exact) mass is 292 g/mol. The van der Waals surface area contributed by atoms with Crippen LogP contribution < -0.4 is 5.32 Å². The predicted octanol–water partition coefficient (Wildman–Crippen LogP) is 4.12. The molecule has 0 bridgehead atoms. The minimum absolute atomic E-state index is 0.118. The lowest BCUT2D eigenvalue weighted by molar-refractivity contribution is -0.384. The first-order valence-electron chi connectivity index (χ1n) is 7.74. The normalized spacial score (nSPS) is 22.0. The van der Waals surface area contributed by atoms with Gasteiger partial charge in [0.25, 0.3) is 5.69 Å². The van der Waals surface area contributed by atoms with Crippen molar-refractivity contribution in [3.05, 3.63) is 33.9 Å². The van der Waals surface area contributed by atoms with Crippen molar-refractivity contribution in [2.45, 2.75) is 52.2 Å². The van der Waals surface area contributed by atoms with E-state index in [0.717, 1.165) is 24.2 Å². The summed E-state index contributed by atoms with van der Waals surface area (Å²) in [6, 6.07) is 4.92. The highest BCUT2D eigenvalue weighted by atomic mass is 16.6. The van der Waals surface area contributed by atoms with Gasteiger partial charge in [-0.05, 0) is 31.7 Å². The van der Waals surface area contributed by atoms with Gasteiger partial charge >= 0.3 is 0 Å². The van der Waals surface area contributed by atoms with Gasteiger partial charge in [0.2, 0.25) is 0 Å². The van der Waals surface area contributed by atoms with Crippen LogP contribution in [-0.4, -0.2) is 17.6 Å². The average molecular weight is 292 g/mol. The van der Waals surface area contributed by atoms with Gasteiger partial charge in [0.05, 0.1) is 17.6 Å². The van der Waals surface area contributed by atoms with Crippen LogP contribution in [0.4, 0.5) is 11.4 Å². The minimum Gasteiger partial charge on any atom is -0.385 e. The lowest BCUT2D eigenvalue weighted by Crippen LogP contribution is -2.25. The number of hydrogen-bond donors (Lipinski definition) is 1. The third-order valence-electron chi connectivity index (χ3n) is 4.15. The van der Waals surface area contributed by atoms with E-state index in [0.29, 0.717) is 12.5 Å². The van der Waals surface area contributed by atoms with E-state index in [4.69, 9.17) is 4.74 Å². The Morgan fingerprint density at radius 1 is 1.38 bits per heavy atom. The molecule has 21 heavy (non-hydrogen) atoms. The quantitative estimate of drug-likeness (QED) is 0.632. The summed E-state index contributed by atoms with van der Waals surface area (Å²) in [7, 11) is 0. The van der Waals surface area contributed by atoms with Crippen LogP contribution in [0, 0.1) is 16.0 Å². The van der Waals surface area contributed by atoms with Crippen molar-refractivity contribution in [1.29, 1.82) is 0 Å². The SMILES string of the molecule is CCNc1ccc([N+](=O)[O-])cc1COC1CCCCC1C. The van der Waals surface area contributed by atoms with Crippen molar-refractivity contribution in [1.82, 2.24) is 0 Å². The number of non-ortho nitro benzene ring substituents is 1. The topological polar surface area (TPSA) is 64.4 Å². The van der Waals surface area contributed by atoms with Crippen LogP contribution in [0.25, 0.3) is 0 Å². The highest BCUT2D eigenvalue weighted by molar-refractivity contribution is 5.55. The molecule has 2 atom stereocenters. The number of nitrogens with one attached hydrogen (secondary N) is 1. The van der Waals surface area contributed by atoms with Gasteiger partial charge < -0.3 is 10.1 Å². The molecule has 0 radical (unpaired) electrons. The van der Waals surface area contributed by atoms with Gasteiger partial charge in [-0.25, -0.2) is 0 Å². The molecule has 0 saturated heterocycles. The van der Waals surface area contributed by atoms with E-state index in [1.54, 1.807) is 12.1 Å². The molecule has 1 aliphatic carbocycles. The second-order valence-corrected chi connectivity index (χ2v) is 5.74. The van der Waals surface area contributed by atoms with Crippen molar-refractivity contribution in [2.24, 2.45) is 5.92 Å². The van der Waals surface area contributed by atoms with Crippen LogP contribution in [0.1, 0.15) is 45.1 Å². The van der Waals surface area contributed by atoms with Crippen molar-refractivity contribution in [2.75, 3.05) is 11.9 Å². The predicted molar refractivity (Wildman–Crippen MR) is 83.5 cm³/mol. The Morgan fingerprint density at radius 2 is 2.14 bits per heavy atom. The van der Waals surface area contributed by atoms with Gasteiger partial charge in [0.1, 0.15) is 0 Å². The fraction of sp³-hybridized carbons (Fsp3) is 0.625. The highest BCUT2D eigenvalue weighted by Crippen LogP contribution is 2.29. The Morgan fingerprint density at radius 3 is 2.81 bits per heavy atom. The molecule has 5 heteroatoms. The Bertz CT molecular complexity index is 490. The molecular weight excluding hydrogens is 268 g/mol. The second kappa shape index (κ2) is 7.41. The zero-order valence-electron chi connectivity index (χ0n) is 12.8. The molecule has 1 N–H and O–H groups in total. The number of hydrogen-bond acceptors (Lipinski definition) is 4. The molecule has 0 aromatic heterocycles. The maximum absolute atomic E-state index is 10.9. The van der Waals surface area contributed by atoms with Gasteiger partial charge in [0, 0.05) is 29.9 Å². The number of nitro groups is 1. The molecule has 1 saturated carbocycles. The lowest BCUT2D eigenvalue weighted by atomic mass is 9.88. The Kier molecular flexibility index (Phi) is 5.56. The first-order valence-corrected chi connectivity index (χ1v) is 7.74. The minimum atomic E-state index is -0.359. The fourth-order valence-corrected chi connectivity index (χ4v) is 2.90. The van der Waals surface area contributed by atoms with Gasteiger partial charge in [-0.1, -0.05) is 19.8 Å². The third-order valence-corrected chi connectivity index (χ3v) is 4.15. The highest BCUT2D eigenvalue weighted by Gasteiger charge is 2.22. The number of rotatable bonds is 6. The van der Waals surface area contributed by atoms with E-state index < -0.39 is 0 Å². The number of ether oxygens (including phenoxy) is 1. The number of nitro benzene ring substituents is 1. The van der Waals surface area contributed by atoms with E-state index >= 15 is 0 Å². The summed E-state index contributed by atoms with van der Waals surface area (Å²) in [6.45, 7) is 5.45. The van der Waals surface area contributed by atoms with Gasteiger partial charge in [-0.2, -0.15) is 0 Å². The molecule has 5 nitrogen and oxygen atoms in total. The summed E-state index contributed by atoms with van der Waals surface area (Å²) in [5.74, 6) is 0.569. The van der Waals surface area contributed by atoms with Crippen molar-refractivity contribution in [3.63, 3.8) is 0 Å². The van der Waals surface area contributed by atoms with Gasteiger partial charge in [-0.15, -0.1) is 0 Å². The van der Waals surface area contributed by atoms with Crippen molar-refractivity contribution < 1.29 is 9.66 Å². The summed E-state index contributed by atoms with van der Waals surface area (Å²) in [5, 5.41) is 14.2. The van der Waals surface area contributed by atoms with Crippen molar-refractivity contribution in [3.8, 4) is 0 Å². The fourth-order valence-electron chi connectivity index (χ4n) is 2.90. The van der Waals surface area contributed by atoms with Gasteiger partial charge in [0.15, 0.2) is 0 Å². The number of anilines is 1. The molecule has 1 aliphatic rings. The zero-order valence-corrected chi connectivity index (χ0v) is 12.8. The molecule has 1 aromatic rings. The van der Waals surface area contributed by atoms with Crippen LogP contribution in [0.3, 0.4) is 0 Å². The second-order valence-electron chi connectivity index (χ2n) is 5.74. The first kappa shape index (κ1) is 15.8. The molecule has 0 spiro atoms. The molecule has 116 valence electrons. The average Bonchev–Trinajstić information content (AvgIpc) is 2.47. The molecule has 0 heterocycles. The van der Waals surface area contributed by atoms with E-state index in [-0.39, 0.29) is 16.7 Å². The molecule has 1 aromatic carbocycles. The zero-order chi connectivity index (χ0) is 15.2. The first-order chi connectivity index (χ1) is 10.1. The summed E-state index contributed by atoms with van der Waals surface area (Å²) >= 11 is 0.